The zero-order chi connectivity index (χ0) is 29.4. The number of sulfonamides is 1. The van der Waals surface area contributed by atoms with Crippen LogP contribution in [0.15, 0.2) is 88.7 Å². The van der Waals surface area contributed by atoms with Crippen LogP contribution in [0.3, 0.4) is 0 Å². The number of aromatic nitrogens is 1. The van der Waals surface area contributed by atoms with Gasteiger partial charge in [0.25, 0.3) is 5.56 Å². The largest absolute Gasteiger partial charge is 0.416 e. The van der Waals surface area contributed by atoms with Crippen LogP contribution in [0.4, 0.5) is 28.9 Å². The molecule has 0 bridgehead atoms. The second-order valence-electron chi connectivity index (χ2n) is 9.44. The number of halogens is 4. The minimum Gasteiger partial charge on any atom is -0.367 e. The van der Waals surface area contributed by atoms with Crippen molar-refractivity contribution in [1.29, 1.82) is 0 Å². The summed E-state index contributed by atoms with van der Waals surface area (Å²) in [6, 6.07) is 16.2. The van der Waals surface area contributed by atoms with Crippen molar-refractivity contribution < 1.29 is 30.8 Å². The molecule has 214 valence electrons. The molecular weight excluding hydrogens is 564 g/mol. The lowest BCUT2D eigenvalue weighted by atomic mass is 10.2. The van der Waals surface area contributed by atoms with E-state index in [1.807, 2.05) is 0 Å². The topological polar surface area (TPSA) is 91.7 Å². The minimum atomic E-state index is -4.53. The van der Waals surface area contributed by atoms with Gasteiger partial charge in [-0.25, -0.2) is 12.8 Å². The van der Waals surface area contributed by atoms with E-state index in [2.05, 4.69) is 5.32 Å². The predicted molar refractivity (Wildman–Crippen MR) is 146 cm³/mol. The molecule has 0 spiro atoms. The number of fused-ring (bicyclic) bond motifs is 1. The average molecular weight is 589 g/mol. The highest BCUT2D eigenvalue weighted by atomic mass is 32.2. The molecule has 8 nitrogen and oxygen atoms in total. The van der Waals surface area contributed by atoms with Crippen molar-refractivity contribution in [2.75, 3.05) is 36.4 Å². The third-order valence-electron chi connectivity index (χ3n) is 6.82. The zero-order valence-corrected chi connectivity index (χ0v) is 22.3. The molecule has 1 N–H and O–H groups in total. The fourth-order valence-corrected chi connectivity index (χ4v) is 6.38. The molecule has 1 saturated heterocycles. The Morgan fingerprint density at radius 2 is 1.46 bits per heavy atom. The summed E-state index contributed by atoms with van der Waals surface area (Å²) in [4.78, 5) is 27.5. The van der Waals surface area contributed by atoms with Gasteiger partial charge in [-0.15, -0.1) is 0 Å². The predicted octanol–water partition coefficient (Wildman–Crippen LogP) is 4.31. The number of piperazine rings is 1. The Kier molecular flexibility index (Phi) is 7.58. The van der Waals surface area contributed by atoms with Gasteiger partial charge in [0.2, 0.25) is 15.9 Å². The van der Waals surface area contributed by atoms with E-state index in [4.69, 9.17) is 0 Å². The summed E-state index contributed by atoms with van der Waals surface area (Å²) in [5.41, 5.74) is -1.03. The SMILES string of the molecule is O=C(Cn1cc(S(=O)(=O)N2CCN(c3ccccc3F)CC2)c2ccccc2c1=O)Nc1ccc(C(F)(F)F)cc1. The lowest BCUT2D eigenvalue weighted by molar-refractivity contribution is -0.137. The number of nitrogens with zero attached hydrogens (tertiary/aromatic N) is 3. The fourth-order valence-electron chi connectivity index (χ4n) is 4.75. The molecule has 0 atom stereocenters. The summed E-state index contributed by atoms with van der Waals surface area (Å²) in [6.45, 7) is 0.0475. The maximum Gasteiger partial charge on any atom is 0.416 e. The van der Waals surface area contributed by atoms with E-state index >= 15 is 0 Å². The number of carbonyl (C=O) groups is 1. The van der Waals surface area contributed by atoms with Gasteiger partial charge in [-0.3, -0.25) is 9.59 Å². The van der Waals surface area contributed by atoms with Crippen LogP contribution in [-0.2, 0) is 27.5 Å². The molecule has 13 heteroatoms. The van der Waals surface area contributed by atoms with Crippen LogP contribution >= 0.6 is 0 Å². The van der Waals surface area contributed by atoms with Crippen LogP contribution in [0.5, 0.6) is 0 Å². The first-order valence-corrected chi connectivity index (χ1v) is 14.0. The monoisotopic (exact) mass is 588 g/mol. The van der Waals surface area contributed by atoms with Crippen molar-refractivity contribution in [2.24, 2.45) is 0 Å². The van der Waals surface area contributed by atoms with Crippen LogP contribution in [0.2, 0.25) is 0 Å². The van der Waals surface area contributed by atoms with Gasteiger partial charge in [0.05, 0.1) is 11.3 Å². The Hall–Kier alpha value is -4.23. The number of nitrogens with one attached hydrogen (secondary N) is 1. The lowest BCUT2D eigenvalue weighted by Crippen LogP contribution is -2.49. The van der Waals surface area contributed by atoms with Crippen LogP contribution in [0, 0.1) is 5.82 Å². The van der Waals surface area contributed by atoms with Gasteiger partial charge in [-0.2, -0.15) is 17.5 Å². The molecule has 5 rings (SSSR count). The van der Waals surface area contributed by atoms with E-state index in [1.54, 1.807) is 35.2 Å². The van der Waals surface area contributed by atoms with E-state index < -0.39 is 45.6 Å². The molecule has 0 aliphatic carbocycles. The summed E-state index contributed by atoms with van der Waals surface area (Å²) >= 11 is 0. The number of carbonyl (C=O) groups excluding carboxylic acids is 1. The Balaban J connectivity index is 1.40. The first kappa shape index (κ1) is 28.3. The van der Waals surface area contributed by atoms with E-state index in [1.165, 1.54) is 22.5 Å². The molecule has 2 heterocycles. The summed E-state index contributed by atoms with van der Waals surface area (Å²) in [7, 11) is -4.14. The number of hydrogen-bond acceptors (Lipinski definition) is 5. The number of pyridine rings is 1. The highest BCUT2D eigenvalue weighted by Gasteiger charge is 2.32. The Bertz CT molecular complexity index is 1760. The summed E-state index contributed by atoms with van der Waals surface area (Å²) < 4.78 is 82.5. The Morgan fingerprint density at radius 3 is 2.10 bits per heavy atom. The van der Waals surface area contributed by atoms with Crippen molar-refractivity contribution in [2.45, 2.75) is 17.6 Å². The zero-order valence-electron chi connectivity index (χ0n) is 21.4. The van der Waals surface area contributed by atoms with Crippen molar-refractivity contribution in [3.63, 3.8) is 0 Å². The second kappa shape index (κ2) is 11.0. The third-order valence-corrected chi connectivity index (χ3v) is 8.74. The number of alkyl halides is 3. The van der Waals surface area contributed by atoms with Gasteiger partial charge in [0, 0.05) is 48.8 Å². The number of rotatable bonds is 6. The van der Waals surface area contributed by atoms with Gasteiger partial charge >= 0.3 is 6.18 Å². The number of hydrogen-bond donors (Lipinski definition) is 1. The quantitative estimate of drug-likeness (QED) is 0.339. The Labute approximate surface area is 232 Å². The lowest BCUT2D eigenvalue weighted by Gasteiger charge is -2.35. The van der Waals surface area contributed by atoms with Crippen LogP contribution < -0.4 is 15.8 Å². The Morgan fingerprint density at radius 1 is 0.854 bits per heavy atom. The molecule has 41 heavy (non-hydrogen) atoms. The summed E-state index contributed by atoms with van der Waals surface area (Å²) in [5.74, 6) is -1.14. The summed E-state index contributed by atoms with van der Waals surface area (Å²) in [6.07, 6.45) is -3.43. The molecule has 1 amide bonds. The van der Waals surface area contributed by atoms with E-state index in [0.717, 1.165) is 35.0 Å². The third kappa shape index (κ3) is 5.81. The molecule has 0 radical (unpaired) electrons. The molecule has 0 unspecified atom stereocenters. The molecule has 1 fully saturated rings. The molecule has 1 aliphatic rings. The van der Waals surface area contributed by atoms with E-state index in [0.29, 0.717) is 5.69 Å². The molecule has 4 aromatic rings. The van der Waals surface area contributed by atoms with Gasteiger partial charge in [0.15, 0.2) is 0 Å². The van der Waals surface area contributed by atoms with E-state index in [9.17, 15) is 35.6 Å². The van der Waals surface area contributed by atoms with E-state index in [-0.39, 0.29) is 47.5 Å². The molecule has 1 aromatic heterocycles. The number of para-hydroxylation sites is 1. The first-order valence-electron chi connectivity index (χ1n) is 12.5. The van der Waals surface area contributed by atoms with Gasteiger partial charge < -0.3 is 14.8 Å². The molecule has 3 aromatic carbocycles. The number of amides is 1. The smallest absolute Gasteiger partial charge is 0.367 e. The minimum absolute atomic E-state index is 0.0680. The van der Waals surface area contributed by atoms with Crippen molar-refractivity contribution >= 4 is 38.1 Å². The van der Waals surface area contributed by atoms with Crippen molar-refractivity contribution in [3.05, 3.63) is 101 Å². The molecule has 1 aliphatic heterocycles. The normalized spacial score (nSPS) is 14.8. The average Bonchev–Trinajstić information content (AvgIpc) is 2.94. The van der Waals surface area contributed by atoms with Gasteiger partial charge in [0.1, 0.15) is 17.3 Å². The number of anilines is 2. The molecular formula is C28H24F4N4O4S. The first-order chi connectivity index (χ1) is 19.4. The fraction of sp³-hybridized carbons (Fsp3) is 0.214. The van der Waals surface area contributed by atoms with Gasteiger partial charge in [-0.1, -0.05) is 30.3 Å². The van der Waals surface area contributed by atoms with Crippen molar-refractivity contribution in [3.8, 4) is 0 Å². The maximum absolute atomic E-state index is 14.2. The maximum atomic E-state index is 14.2. The standard InChI is InChI=1S/C28H24F4N4O4S/c29-23-7-3-4-8-24(23)34-13-15-36(16-14-34)41(39,40)25-17-35(27(38)22-6-2-1-5-21(22)25)18-26(37)33-20-11-9-19(10-12-20)28(30,31)32/h1-12,17H,13-16,18H2,(H,33,37). The van der Waals surface area contributed by atoms with Crippen LogP contribution in [0.25, 0.3) is 10.8 Å². The molecule has 0 saturated carbocycles. The summed E-state index contributed by atoms with van der Waals surface area (Å²) in [5, 5.41) is 2.70. The van der Waals surface area contributed by atoms with Crippen molar-refractivity contribution in [1.82, 2.24) is 8.87 Å². The van der Waals surface area contributed by atoms with Crippen LogP contribution in [-0.4, -0.2) is 49.4 Å². The second-order valence-corrected chi connectivity index (χ2v) is 11.3. The number of benzene rings is 3. The van der Waals surface area contributed by atoms with Gasteiger partial charge in [-0.05, 0) is 42.5 Å². The highest BCUT2D eigenvalue weighted by molar-refractivity contribution is 7.89. The van der Waals surface area contributed by atoms with Crippen LogP contribution in [0.1, 0.15) is 5.56 Å². The highest BCUT2D eigenvalue weighted by Crippen LogP contribution is 2.30.